The molecule has 6 heteroatoms. The van der Waals surface area contributed by atoms with Crippen LogP contribution < -0.4 is 0 Å². The van der Waals surface area contributed by atoms with Gasteiger partial charge in [0.15, 0.2) is 0 Å². The van der Waals surface area contributed by atoms with Gasteiger partial charge in [-0.05, 0) is 38.2 Å². The largest absolute Gasteiger partial charge is 0.333 e. The Hall–Kier alpha value is -1.82. The first-order valence-electron chi connectivity index (χ1n) is 8.12. The third-order valence-corrected chi connectivity index (χ3v) is 5.92. The second-order valence-corrected chi connectivity index (χ2v) is 7.46. The van der Waals surface area contributed by atoms with E-state index in [-0.39, 0.29) is 17.4 Å². The zero-order chi connectivity index (χ0) is 16.0. The molecule has 23 heavy (non-hydrogen) atoms. The summed E-state index contributed by atoms with van der Waals surface area (Å²) in [6.07, 6.45) is 5.97. The number of amides is 1. The molecule has 4 rings (SSSR count). The lowest BCUT2D eigenvalue weighted by molar-refractivity contribution is 0.0374. The number of nitrogens with zero attached hydrogens (tertiary/aromatic N) is 4. The number of piperidine rings is 1. The molecule has 3 heterocycles. The molecule has 120 valence electrons. The molecule has 1 amide bonds. The molecule has 0 aromatic carbocycles. The maximum absolute atomic E-state index is 12.9. The lowest BCUT2D eigenvalue weighted by atomic mass is 9.65. The number of likely N-dealkylation sites (tertiary alicyclic amines) is 1. The van der Waals surface area contributed by atoms with Crippen LogP contribution in [0.5, 0.6) is 0 Å². The number of aryl methyl sites for hydroxylation is 2. The zero-order valence-electron chi connectivity index (χ0n) is 13.5. The molecule has 2 aromatic rings. The summed E-state index contributed by atoms with van der Waals surface area (Å²) in [6, 6.07) is 0.201. The Morgan fingerprint density at radius 3 is 3.09 bits per heavy atom. The quantitative estimate of drug-likeness (QED) is 0.807. The third-order valence-electron chi connectivity index (χ3n) is 5.33. The van der Waals surface area contributed by atoms with Crippen molar-refractivity contribution in [1.29, 1.82) is 0 Å². The normalized spacial score (nSPS) is 26.5. The summed E-state index contributed by atoms with van der Waals surface area (Å²) in [5.41, 5.74) is 4.62. The van der Waals surface area contributed by atoms with Crippen LogP contribution in [0.3, 0.4) is 0 Å². The van der Waals surface area contributed by atoms with Crippen molar-refractivity contribution in [1.82, 2.24) is 19.9 Å². The minimum absolute atomic E-state index is 0.0661. The number of fused-ring (bicyclic) bond motifs is 3. The number of rotatable bonds is 1. The van der Waals surface area contributed by atoms with Crippen LogP contribution in [0, 0.1) is 6.92 Å². The van der Waals surface area contributed by atoms with Gasteiger partial charge in [-0.3, -0.25) is 4.79 Å². The fourth-order valence-electron chi connectivity index (χ4n) is 4.21. The van der Waals surface area contributed by atoms with Crippen molar-refractivity contribution in [3.05, 3.63) is 39.9 Å². The van der Waals surface area contributed by atoms with Gasteiger partial charge in [0.2, 0.25) is 0 Å². The van der Waals surface area contributed by atoms with E-state index < -0.39 is 0 Å². The Bertz CT molecular complexity index is 745. The summed E-state index contributed by atoms with van der Waals surface area (Å²) in [5.74, 6) is 0.880. The fraction of sp³-hybridized carbons (Fsp3) is 0.529. The van der Waals surface area contributed by atoms with E-state index in [0.717, 1.165) is 43.7 Å². The monoisotopic (exact) mass is 328 g/mol. The Morgan fingerprint density at radius 2 is 2.30 bits per heavy atom. The SMILES string of the molecule is Cc1ncc2c(n1)[C@]1(C)CCCN(C(=O)c3cscn3)[C@@H]1CC2. The van der Waals surface area contributed by atoms with Gasteiger partial charge in [0.25, 0.3) is 5.91 Å². The summed E-state index contributed by atoms with van der Waals surface area (Å²) in [7, 11) is 0. The molecule has 2 aliphatic rings. The van der Waals surface area contributed by atoms with E-state index >= 15 is 0 Å². The Labute approximate surface area is 139 Å². The van der Waals surface area contributed by atoms with Gasteiger partial charge in [0, 0.05) is 29.6 Å². The Kier molecular flexibility index (Phi) is 3.44. The predicted molar refractivity (Wildman–Crippen MR) is 88.6 cm³/mol. The molecule has 5 nitrogen and oxygen atoms in total. The predicted octanol–water partition coefficient (Wildman–Crippen LogP) is 2.75. The van der Waals surface area contributed by atoms with E-state index in [9.17, 15) is 4.79 Å². The van der Waals surface area contributed by atoms with Gasteiger partial charge < -0.3 is 4.90 Å². The highest BCUT2D eigenvalue weighted by molar-refractivity contribution is 7.07. The molecule has 2 aromatic heterocycles. The highest BCUT2D eigenvalue weighted by Gasteiger charge is 2.48. The molecule has 2 atom stereocenters. The number of carbonyl (C=O) groups is 1. The van der Waals surface area contributed by atoms with Crippen LogP contribution in [0.2, 0.25) is 0 Å². The first kappa shape index (κ1) is 14.8. The van der Waals surface area contributed by atoms with Crippen LogP contribution in [-0.4, -0.2) is 38.3 Å². The molecule has 0 bridgehead atoms. The van der Waals surface area contributed by atoms with Crippen LogP contribution >= 0.6 is 11.3 Å². The second-order valence-electron chi connectivity index (χ2n) is 6.74. The van der Waals surface area contributed by atoms with Gasteiger partial charge in [-0.25, -0.2) is 15.0 Å². The maximum Gasteiger partial charge on any atom is 0.273 e. The standard InChI is InChI=1S/C17H20N4OS/c1-11-18-8-12-4-5-14-17(2,15(12)20-11)6-3-7-21(14)16(22)13-9-23-10-19-13/h8-10,14H,3-7H2,1-2H3/t14-,17-/m1/s1. The topological polar surface area (TPSA) is 59.0 Å². The average molecular weight is 328 g/mol. The highest BCUT2D eigenvalue weighted by atomic mass is 32.1. The lowest BCUT2D eigenvalue weighted by Crippen LogP contribution is -2.58. The van der Waals surface area contributed by atoms with Crippen molar-refractivity contribution in [2.75, 3.05) is 6.54 Å². The number of thiazole rings is 1. The van der Waals surface area contributed by atoms with Crippen LogP contribution in [0.15, 0.2) is 17.1 Å². The van der Waals surface area contributed by atoms with Gasteiger partial charge in [0.05, 0.1) is 11.2 Å². The highest BCUT2D eigenvalue weighted by Crippen LogP contribution is 2.45. The average Bonchev–Trinajstić information content (AvgIpc) is 3.08. The third kappa shape index (κ3) is 2.27. The lowest BCUT2D eigenvalue weighted by Gasteiger charge is -2.50. The van der Waals surface area contributed by atoms with E-state index in [1.54, 1.807) is 5.51 Å². The minimum atomic E-state index is -0.0782. The molecule has 0 radical (unpaired) electrons. The van der Waals surface area contributed by atoms with Crippen LogP contribution in [0.4, 0.5) is 0 Å². The number of hydrogen-bond acceptors (Lipinski definition) is 5. The van der Waals surface area contributed by atoms with Crippen LogP contribution in [0.25, 0.3) is 0 Å². The summed E-state index contributed by atoms with van der Waals surface area (Å²) in [5, 5.41) is 1.84. The molecule has 1 saturated heterocycles. The van der Waals surface area contributed by atoms with E-state index in [1.807, 2.05) is 23.4 Å². The second kappa shape index (κ2) is 5.37. The van der Waals surface area contributed by atoms with Crippen molar-refractivity contribution in [2.24, 2.45) is 0 Å². The summed E-state index contributed by atoms with van der Waals surface area (Å²) in [4.78, 5) is 28.2. The number of aromatic nitrogens is 3. The van der Waals surface area contributed by atoms with E-state index in [4.69, 9.17) is 4.98 Å². The Morgan fingerprint density at radius 1 is 1.43 bits per heavy atom. The zero-order valence-corrected chi connectivity index (χ0v) is 14.3. The van der Waals surface area contributed by atoms with Crippen LogP contribution in [-0.2, 0) is 11.8 Å². The van der Waals surface area contributed by atoms with Crippen molar-refractivity contribution >= 4 is 17.2 Å². The van der Waals surface area contributed by atoms with Gasteiger partial charge in [-0.15, -0.1) is 11.3 Å². The molecule has 0 unspecified atom stereocenters. The molecular weight excluding hydrogens is 308 g/mol. The van der Waals surface area contributed by atoms with Gasteiger partial charge in [-0.2, -0.15) is 0 Å². The van der Waals surface area contributed by atoms with E-state index in [1.165, 1.54) is 16.9 Å². The molecule has 0 saturated carbocycles. The summed E-state index contributed by atoms with van der Waals surface area (Å²) >= 11 is 1.47. The molecule has 1 aliphatic heterocycles. The van der Waals surface area contributed by atoms with Gasteiger partial charge >= 0.3 is 0 Å². The molecule has 1 aliphatic carbocycles. The van der Waals surface area contributed by atoms with E-state index in [2.05, 4.69) is 16.9 Å². The summed E-state index contributed by atoms with van der Waals surface area (Å²) in [6.45, 7) is 5.02. The number of carbonyl (C=O) groups excluding carboxylic acids is 1. The van der Waals surface area contributed by atoms with E-state index in [0.29, 0.717) is 5.69 Å². The van der Waals surface area contributed by atoms with Crippen molar-refractivity contribution in [2.45, 2.75) is 51.0 Å². The Balaban J connectivity index is 1.74. The number of hydrogen-bond donors (Lipinski definition) is 0. The van der Waals surface area contributed by atoms with Gasteiger partial charge in [0.1, 0.15) is 11.5 Å². The first-order valence-corrected chi connectivity index (χ1v) is 9.06. The minimum Gasteiger partial charge on any atom is -0.333 e. The first-order chi connectivity index (χ1) is 11.1. The van der Waals surface area contributed by atoms with Crippen molar-refractivity contribution in [3.63, 3.8) is 0 Å². The van der Waals surface area contributed by atoms with Gasteiger partial charge in [-0.1, -0.05) is 6.92 Å². The molecule has 0 spiro atoms. The molecule has 1 fully saturated rings. The van der Waals surface area contributed by atoms with Crippen LogP contribution in [0.1, 0.15) is 53.8 Å². The smallest absolute Gasteiger partial charge is 0.273 e. The maximum atomic E-state index is 12.9. The van der Waals surface area contributed by atoms with Crippen molar-refractivity contribution < 1.29 is 4.79 Å². The molecular formula is C17H20N4OS. The fourth-order valence-corrected chi connectivity index (χ4v) is 4.73. The van der Waals surface area contributed by atoms with Crippen molar-refractivity contribution in [3.8, 4) is 0 Å². The summed E-state index contributed by atoms with van der Waals surface area (Å²) < 4.78 is 0. The molecule has 0 N–H and O–H groups in total.